The molecule has 0 unspecified atom stereocenters. The molecule has 3 amide bonds. The van der Waals surface area contributed by atoms with Gasteiger partial charge in [0.2, 0.25) is 0 Å². The maximum Gasteiger partial charge on any atom is 0.413 e. The Labute approximate surface area is 120 Å². The number of carbonyl (C=O) groups is 2. The lowest BCUT2D eigenvalue weighted by Crippen LogP contribution is -2.42. The number of nitrogens with zero attached hydrogens (tertiary/aromatic N) is 2. The van der Waals surface area contributed by atoms with Gasteiger partial charge in [-0.1, -0.05) is 17.4 Å². The molecule has 8 heteroatoms. The van der Waals surface area contributed by atoms with Crippen LogP contribution in [0.2, 0.25) is 0 Å². The summed E-state index contributed by atoms with van der Waals surface area (Å²) >= 11 is 1.36. The monoisotopic (exact) mass is 296 g/mol. The zero-order valence-corrected chi connectivity index (χ0v) is 12.0. The summed E-state index contributed by atoms with van der Waals surface area (Å²) in [4.78, 5) is 30.0. The Morgan fingerprint density at radius 1 is 1.60 bits per heavy atom. The van der Waals surface area contributed by atoms with Gasteiger partial charge < -0.3 is 15.0 Å². The van der Waals surface area contributed by atoms with Crippen molar-refractivity contribution in [3.05, 3.63) is 23.2 Å². The third-order valence-electron chi connectivity index (χ3n) is 2.81. The van der Waals surface area contributed by atoms with Crippen molar-refractivity contribution in [2.75, 3.05) is 25.5 Å². The number of fused-ring (bicyclic) bond motifs is 1. The quantitative estimate of drug-likeness (QED) is 0.829. The fraction of sp³-hybridized carbons (Fsp3) is 0.417. The van der Waals surface area contributed by atoms with Crippen LogP contribution in [0.3, 0.4) is 0 Å². The van der Waals surface area contributed by atoms with Crippen LogP contribution in [0, 0.1) is 0 Å². The van der Waals surface area contributed by atoms with Crippen molar-refractivity contribution >= 4 is 28.6 Å². The van der Waals surface area contributed by atoms with Crippen LogP contribution in [-0.4, -0.2) is 42.2 Å². The molecule has 2 rings (SSSR count). The van der Waals surface area contributed by atoms with E-state index in [9.17, 15) is 9.59 Å². The van der Waals surface area contributed by atoms with Crippen LogP contribution in [0.1, 0.15) is 10.6 Å². The van der Waals surface area contributed by atoms with Gasteiger partial charge in [0.15, 0.2) is 5.13 Å². The molecule has 2 heterocycles. The van der Waals surface area contributed by atoms with Gasteiger partial charge in [-0.3, -0.25) is 5.32 Å². The van der Waals surface area contributed by atoms with Crippen molar-refractivity contribution in [3.8, 4) is 0 Å². The van der Waals surface area contributed by atoms with Crippen molar-refractivity contribution in [1.82, 2.24) is 15.2 Å². The number of methoxy groups -OCH3 is 1. The van der Waals surface area contributed by atoms with Gasteiger partial charge in [-0.25, -0.2) is 14.6 Å². The van der Waals surface area contributed by atoms with Gasteiger partial charge in [-0.2, -0.15) is 0 Å². The number of amides is 3. The zero-order chi connectivity index (χ0) is 14.5. The first-order valence-electron chi connectivity index (χ1n) is 6.11. The first-order chi connectivity index (χ1) is 9.63. The molecule has 0 saturated carbocycles. The second-order valence-corrected chi connectivity index (χ2v) is 5.24. The van der Waals surface area contributed by atoms with Crippen LogP contribution >= 0.6 is 11.3 Å². The van der Waals surface area contributed by atoms with E-state index in [1.54, 1.807) is 11.0 Å². The van der Waals surface area contributed by atoms with Gasteiger partial charge in [0, 0.05) is 24.4 Å². The van der Waals surface area contributed by atoms with Gasteiger partial charge in [0.25, 0.3) is 0 Å². The first kappa shape index (κ1) is 14.3. The number of nitrogens with one attached hydrogen (secondary N) is 2. The third-order valence-corrected chi connectivity index (χ3v) is 3.81. The van der Waals surface area contributed by atoms with Crippen LogP contribution in [0.4, 0.5) is 14.7 Å². The molecule has 7 nitrogen and oxygen atoms in total. The normalized spacial score (nSPS) is 13.3. The van der Waals surface area contributed by atoms with Gasteiger partial charge >= 0.3 is 12.1 Å². The van der Waals surface area contributed by atoms with Crippen molar-refractivity contribution in [3.63, 3.8) is 0 Å². The summed E-state index contributed by atoms with van der Waals surface area (Å²) in [5.41, 5.74) is 0.925. The second-order valence-electron chi connectivity index (χ2n) is 4.15. The molecule has 0 aliphatic carbocycles. The molecule has 0 saturated heterocycles. The number of anilines is 1. The largest absolute Gasteiger partial charge is 0.453 e. The Balaban J connectivity index is 2.01. The topological polar surface area (TPSA) is 83.6 Å². The van der Waals surface area contributed by atoms with Crippen molar-refractivity contribution in [2.45, 2.75) is 13.0 Å². The van der Waals surface area contributed by atoms with E-state index in [1.165, 1.54) is 18.4 Å². The van der Waals surface area contributed by atoms with Crippen molar-refractivity contribution < 1.29 is 14.3 Å². The van der Waals surface area contributed by atoms with E-state index in [1.807, 2.05) is 0 Å². The van der Waals surface area contributed by atoms with E-state index in [-0.39, 0.29) is 6.03 Å². The Hall–Kier alpha value is -2.09. The predicted octanol–water partition coefficient (Wildman–Crippen LogP) is 1.58. The molecule has 1 aromatic rings. The molecule has 1 aliphatic rings. The van der Waals surface area contributed by atoms with E-state index in [2.05, 4.69) is 26.9 Å². The van der Waals surface area contributed by atoms with Crippen molar-refractivity contribution in [1.29, 1.82) is 0 Å². The molecule has 1 aliphatic heterocycles. The number of hydrogen-bond donors (Lipinski definition) is 2. The first-order valence-corrected chi connectivity index (χ1v) is 6.93. The Morgan fingerprint density at radius 3 is 3.10 bits per heavy atom. The summed E-state index contributed by atoms with van der Waals surface area (Å²) in [5.74, 6) is 0. The number of ether oxygens (including phenoxy) is 1. The summed E-state index contributed by atoms with van der Waals surface area (Å²) in [7, 11) is 1.30. The SMILES string of the molecule is C=CCNC(=O)N1CCc2nc(NC(=O)OC)sc2C1. The molecule has 108 valence electrons. The fourth-order valence-corrected chi connectivity index (χ4v) is 2.84. The van der Waals surface area contributed by atoms with E-state index >= 15 is 0 Å². The highest BCUT2D eigenvalue weighted by Crippen LogP contribution is 2.28. The number of carbonyl (C=O) groups excluding carboxylic acids is 2. The Bertz CT molecular complexity index is 529. The zero-order valence-electron chi connectivity index (χ0n) is 11.1. The lowest BCUT2D eigenvalue weighted by atomic mass is 10.2. The molecule has 1 aromatic heterocycles. The molecule has 2 N–H and O–H groups in total. The van der Waals surface area contributed by atoms with Crippen LogP contribution in [0.15, 0.2) is 12.7 Å². The molecular formula is C12H16N4O3S. The molecule has 0 radical (unpaired) electrons. The number of thiazole rings is 1. The van der Waals surface area contributed by atoms with Crippen LogP contribution in [-0.2, 0) is 17.7 Å². The highest BCUT2D eigenvalue weighted by molar-refractivity contribution is 7.15. The summed E-state index contributed by atoms with van der Waals surface area (Å²) in [6.07, 6.45) is 1.77. The maximum absolute atomic E-state index is 11.9. The molecule has 0 aromatic carbocycles. The van der Waals surface area contributed by atoms with Gasteiger partial charge in [0.1, 0.15) is 0 Å². The summed E-state index contributed by atoms with van der Waals surface area (Å²) < 4.78 is 4.52. The van der Waals surface area contributed by atoms with Gasteiger partial charge in [-0.15, -0.1) is 6.58 Å². The number of rotatable bonds is 3. The minimum Gasteiger partial charge on any atom is -0.453 e. The minimum atomic E-state index is -0.545. The van der Waals surface area contributed by atoms with Crippen LogP contribution in [0.5, 0.6) is 0 Å². The Morgan fingerprint density at radius 2 is 2.40 bits per heavy atom. The predicted molar refractivity (Wildman–Crippen MR) is 75.9 cm³/mol. The van der Waals surface area contributed by atoms with Crippen LogP contribution < -0.4 is 10.6 Å². The summed E-state index contributed by atoms with van der Waals surface area (Å²) in [6, 6.07) is -0.119. The molecular weight excluding hydrogens is 280 g/mol. The lowest BCUT2D eigenvalue weighted by molar-refractivity contribution is 0.187. The van der Waals surface area contributed by atoms with Gasteiger partial charge in [-0.05, 0) is 0 Å². The molecule has 0 bridgehead atoms. The summed E-state index contributed by atoms with van der Waals surface area (Å²) in [6.45, 7) is 5.11. The number of hydrogen-bond acceptors (Lipinski definition) is 5. The molecule has 0 spiro atoms. The second kappa shape index (κ2) is 6.38. The van der Waals surface area contributed by atoms with E-state index < -0.39 is 6.09 Å². The fourth-order valence-electron chi connectivity index (χ4n) is 1.83. The highest BCUT2D eigenvalue weighted by atomic mass is 32.1. The minimum absolute atomic E-state index is 0.119. The van der Waals surface area contributed by atoms with E-state index in [4.69, 9.17) is 0 Å². The number of urea groups is 1. The smallest absolute Gasteiger partial charge is 0.413 e. The standard InChI is InChI=1S/C12H16N4O3S/c1-3-5-13-11(17)16-6-4-8-9(7-16)20-10(14-8)15-12(18)19-2/h3H,1,4-7H2,2H3,(H,13,17)(H,14,15,18). The van der Waals surface area contributed by atoms with Crippen molar-refractivity contribution in [2.24, 2.45) is 0 Å². The number of aromatic nitrogens is 1. The van der Waals surface area contributed by atoms with E-state index in [0.717, 1.165) is 10.6 Å². The van der Waals surface area contributed by atoms with E-state index in [0.29, 0.717) is 31.2 Å². The lowest BCUT2D eigenvalue weighted by Gasteiger charge is -2.25. The third kappa shape index (κ3) is 3.27. The maximum atomic E-state index is 11.9. The van der Waals surface area contributed by atoms with Crippen LogP contribution in [0.25, 0.3) is 0 Å². The molecule has 0 atom stereocenters. The average molecular weight is 296 g/mol. The molecule has 0 fully saturated rings. The molecule has 20 heavy (non-hydrogen) atoms. The highest BCUT2D eigenvalue weighted by Gasteiger charge is 2.24. The Kier molecular flexibility index (Phi) is 4.57. The summed E-state index contributed by atoms with van der Waals surface area (Å²) in [5, 5.41) is 5.78. The van der Waals surface area contributed by atoms with Gasteiger partial charge in [0.05, 0.1) is 19.3 Å². The average Bonchev–Trinajstić information content (AvgIpc) is 2.85.